The Bertz CT molecular complexity index is 838. The van der Waals surface area contributed by atoms with E-state index in [-0.39, 0.29) is 29.2 Å². The highest BCUT2D eigenvalue weighted by Crippen LogP contribution is 2.33. The summed E-state index contributed by atoms with van der Waals surface area (Å²) < 4.78 is 4.87. The summed E-state index contributed by atoms with van der Waals surface area (Å²) in [5.41, 5.74) is 7.41. The molecule has 24 heavy (non-hydrogen) atoms. The molecule has 7 heteroatoms. The molecule has 0 aliphatic rings. The van der Waals surface area contributed by atoms with Crippen molar-refractivity contribution in [2.24, 2.45) is 0 Å². The van der Waals surface area contributed by atoms with Crippen LogP contribution in [0.4, 0.5) is 5.69 Å². The first kappa shape index (κ1) is 17.3. The molecule has 2 N–H and O–H groups in total. The van der Waals surface area contributed by atoms with Crippen molar-refractivity contribution in [3.63, 3.8) is 0 Å². The van der Waals surface area contributed by atoms with Gasteiger partial charge in [0.25, 0.3) is 0 Å². The topological polar surface area (TPSA) is 113 Å². The zero-order valence-corrected chi connectivity index (χ0v) is 13.8. The maximum Gasteiger partial charge on any atom is 0.316 e. The molecule has 0 aliphatic carbocycles. The monoisotopic (exact) mass is 338 g/mol. The van der Waals surface area contributed by atoms with Crippen LogP contribution in [0.2, 0.25) is 0 Å². The second-order valence-corrected chi connectivity index (χ2v) is 5.58. The van der Waals surface area contributed by atoms with E-state index in [2.05, 4.69) is 4.98 Å². The second-order valence-electron chi connectivity index (χ2n) is 4.61. The minimum atomic E-state index is -0.405. The molecule has 0 aliphatic heterocycles. The van der Waals surface area contributed by atoms with Crippen molar-refractivity contribution in [2.75, 3.05) is 18.1 Å². The summed E-state index contributed by atoms with van der Waals surface area (Å²) in [6.07, 6.45) is 0. The third-order valence-corrected chi connectivity index (χ3v) is 4.05. The van der Waals surface area contributed by atoms with Crippen molar-refractivity contribution < 1.29 is 9.53 Å². The number of esters is 1. The van der Waals surface area contributed by atoms with Gasteiger partial charge in [0.2, 0.25) is 0 Å². The summed E-state index contributed by atoms with van der Waals surface area (Å²) in [6, 6.07) is 13.1. The third kappa shape index (κ3) is 3.65. The van der Waals surface area contributed by atoms with Crippen LogP contribution < -0.4 is 5.73 Å². The van der Waals surface area contributed by atoms with Crippen LogP contribution in [0.5, 0.6) is 0 Å². The minimum absolute atomic E-state index is 0.00902. The number of thioether (sulfide) groups is 1. The third-order valence-electron chi connectivity index (χ3n) is 3.11. The minimum Gasteiger partial charge on any atom is -0.465 e. The summed E-state index contributed by atoms with van der Waals surface area (Å²) in [4.78, 5) is 15.9. The molecule has 0 bridgehead atoms. The molecule has 1 aromatic carbocycles. The number of nitriles is 2. The second kappa shape index (κ2) is 8.00. The molecule has 6 nitrogen and oxygen atoms in total. The molecule has 0 saturated heterocycles. The Morgan fingerprint density at radius 1 is 1.25 bits per heavy atom. The molecular weight excluding hydrogens is 324 g/mol. The number of carbonyl (C=O) groups excluding carboxylic acids is 1. The highest BCUT2D eigenvalue weighted by atomic mass is 32.2. The van der Waals surface area contributed by atoms with Crippen LogP contribution in [0.3, 0.4) is 0 Å². The number of nitrogen functional groups attached to an aromatic ring is 1. The van der Waals surface area contributed by atoms with Crippen molar-refractivity contribution in [1.82, 2.24) is 4.98 Å². The quantitative estimate of drug-likeness (QED) is 0.658. The Kier molecular flexibility index (Phi) is 5.78. The number of ether oxygens (including phenoxy) is 1. The zero-order chi connectivity index (χ0) is 17.5. The van der Waals surface area contributed by atoms with Gasteiger partial charge in [0.1, 0.15) is 28.3 Å². The van der Waals surface area contributed by atoms with Gasteiger partial charge in [-0.2, -0.15) is 10.5 Å². The lowest BCUT2D eigenvalue weighted by Crippen LogP contribution is -2.08. The number of aromatic nitrogens is 1. The molecule has 0 radical (unpaired) electrons. The number of rotatable bonds is 5. The molecule has 1 aromatic heterocycles. The van der Waals surface area contributed by atoms with Crippen molar-refractivity contribution in [3.05, 3.63) is 41.5 Å². The van der Waals surface area contributed by atoms with Gasteiger partial charge in [0, 0.05) is 5.56 Å². The Hall–Kier alpha value is -3.03. The molecule has 0 fully saturated rings. The fraction of sp³-hybridized carbons (Fsp3) is 0.176. The number of nitrogens with two attached hydrogens (primary N) is 1. The molecule has 1 heterocycles. The van der Waals surface area contributed by atoms with E-state index >= 15 is 0 Å². The average molecular weight is 338 g/mol. The van der Waals surface area contributed by atoms with Crippen LogP contribution in [0, 0.1) is 22.7 Å². The first-order chi connectivity index (χ1) is 11.6. The maximum absolute atomic E-state index is 11.5. The smallest absolute Gasteiger partial charge is 0.316 e. The molecule has 0 amide bonds. The highest BCUT2D eigenvalue weighted by Gasteiger charge is 2.20. The normalized spacial score (nSPS) is 9.79. The maximum atomic E-state index is 11.5. The molecule has 2 aromatic rings. The predicted octanol–water partition coefficient (Wildman–Crippen LogP) is 2.73. The van der Waals surface area contributed by atoms with Crippen molar-refractivity contribution in [2.45, 2.75) is 11.9 Å². The van der Waals surface area contributed by atoms with Gasteiger partial charge >= 0.3 is 5.97 Å². The lowest BCUT2D eigenvalue weighted by atomic mass is 10.0. The summed E-state index contributed by atoms with van der Waals surface area (Å²) in [5.74, 6) is -0.396. The number of hydrogen-bond donors (Lipinski definition) is 1. The number of pyridine rings is 1. The number of nitrogens with zero attached hydrogens (tertiary/aromatic N) is 3. The predicted molar refractivity (Wildman–Crippen MR) is 90.9 cm³/mol. The Balaban J connectivity index is 2.51. The zero-order valence-electron chi connectivity index (χ0n) is 12.9. The average Bonchev–Trinajstić information content (AvgIpc) is 2.60. The molecule has 2 rings (SSSR count). The van der Waals surface area contributed by atoms with Gasteiger partial charge in [-0.1, -0.05) is 42.1 Å². The molecule has 0 atom stereocenters. The lowest BCUT2D eigenvalue weighted by Gasteiger charge is -2.11. The SMILES string of the molecule is CCOC(=O)CSc1nc(-c2ccccc2)c(C#N)c(N)c1C#N. The van der Waals surface area contributed by atoms with Crippen LogP contribution in [0.1, 0.15) is 18.1 Å². The first-order valence-electron chi connectivity index (χ1n) is 7.09. The van der Waals surface area contributed by atoms with Gasteiger partial charge in [0.15, 0.2) is 0 Å². The van der Waals surface area contributed by atoms with Crippen LogP contribution in [-0.2, 0) is 9.53 Å². The van der Waals surface area contributed by atoms with Crippen molar-refractivity contribution in [1.29, 1.82) is 10.5 Å². The highest BCUT2D eigenvalue weighted by molar-refractivity contribution is 7.99. The van der Waals surface area contributed by atoms with Gasteiger partial charge in [-0.25, -0.2) is 4.98 Å². The van der Waals surface area contributed by atoms with Crippen LogP contribution >= 0.6 is 11.8 Å². The van der Waals surface area contributed by atoms with Gasteiger partial charge in [0.05, 0.1) is 23.7 Å². The largest absolute Gasteiger partial charge is 0.465 e. The first-order valence-corrected chi connectivity index (χ1v) is 8.08. The summed E-state index contributed by atoms with van der Waals surface area (Å²) in [5, 5.41) is 19.0. The molecule has 0 unspecified atom stereocenters. The van der Waals surface area contributed by atoms with Crippen LogP contribution in [-0.4, -0.2) is 23.3 Å². The van der Waals surface area contributed by atoms with E-state index in [9.17, 15) is 15.3 Å². The van der Waals surface area contributed by atoms with Crippen molar-refractivity contribution >= 4 is 23.4 Å². The van der Waals surface area contributed by atoms with Gasteiger partial charge in [-0.15, -0.1) is 0 Å². The standard InChI is InChI=1S/C17H14N4O2S/c1-2-23-14(22)10-24-17-13(9-19)15(20)12(8-18)16(21-17)11-6-4-3-5-7-11/h3-7H,2,10H2,1H3,(H2,20,21). The van der Waals surface area contributed by atoms with E-state index in [1.54, 1.807) is 19.1 Å². The molecular formula is C17H14N4O2S. The van der Waals surface area contributed by atoms with Crippen LogP contribution in [0.15, 0.2) is 35.4 Å². The molecule has 0 saturated carbocycles. The Morgan fingerprint density at radius 2 is 1.92 bits per heavy atom. The number of anilines is 1. The molecule has 0 spiro atoms. The van der Waals surface area contributed by atoms with E-state index in [1.165, 1.54) is 0 Å². The lowest BCUT2D eigenvalue weighted by molar-refractivity contribution is -0.139. The number of hydrogen-bond acceptors (Lipinski definition) is 7. The fourth-order valence-corrected chi connectivity index (χ4v) is 2.84. The van der Waals surface area contributed by atoms with Crippen LogP contribution in [0.25, 0.3) is 11.3 Å². The Labute approximate surface area is 143 Å². The van der Waals surface area contributed by atoms with Gasteiger partial charge in [-0.3, -0.25) is 4.79 Å². The van der Waals surface area contributed by atoms with E-state index in [1.807, 2.05) is 30.3 Å². The number of carbonyl (C=O) groups is 1. The summed E-state index contributed by atoms with van der Waals surface area (Å²) >= 11 is 1.06. The van der Waals surface area contributed by atoms with E-state index in [0.717, 1.165) is 11.8 Å². The Morgan fingerprint density at radius 3 is 2.50 bits per heavy atom. The van der Waals surface area contributed by atoms with Crippen molar-refractivity contribution in [3.8, 4) is 23.4 Å². The van der Waals surface area contributed by atoms with E-state index < -0.39 is 5.97 Å². The summed E-state index contributed by atoms with van der Waals surface area (Å²) in [7, 11) is 0. The summed E-state index contributed by atoms with van der Waals surface area (Å²) in [6.45, 7) is 2.00. The molecule has 120 valence electrons. The fourth-order valence-electron chi connectivity index (χ4n) is 2.04. The van der Waals surface area contributed by atoms with Gasteiger partial charge in [-0.05, 0) is 6.92 Å². The van der Waals surface area contributed by atoms with E-state index in [4.69, 9.17) is 10.5 Å². The number of benzene rings is 1. The van der Waals surface area contributed by atoms with Gasteiger partial charge < -0.3 is 10.5 Å². The van der Waals surface area contributed by atoms with E-state index in [0.29, 0.717) is 16.3 Å².